The Labute approximate surface area is 124 Å². The molecule has 1 rings (SSSR count). The van der Waals surface area contributed by atoms with Crippen LogP contribution in [0.15, 0.2) is 18.2 Å². The SMILES string of the molecule is CCc1ccc(C(=O)NCCCCN)cc1[N+](=O)[O-].Cl. The number of nitrogens with two attached hydrogens (primary N) is 1. The van der Waals surface area contributed by atoms with Crippen molar-refractivity contribution in [1.29, 1.82) is 0 Å². The maximum absolute atomic E-state index is 11.8. The molecule has 1 amide bonds. The predicted octanol–water partition coefficient (Wildman–Crippen LogP) is 2.05. The first-order chi connectivity index (χ1) is 9.10. The average molecular weight is 302 g/mol. The van der Waals surface area contributed by atoms with Crippen LogP contribution in [-0.4, -0.2) is 23.9 Å². The van der Waals surface area contributed by atoms with Crippen molar-refractivity contribution >= 4 is 24.0 Å². The fraction of sp³-hybridized carbons (Fsp3) is 0.462. The highest BCUT2D eigenvalue weighted by Gasteiger charge is 2.15. The Morgan fingerprint density at radius 1 is 1.40 bits per heavy atom. The number of hydrogen-bond donors (Lipinski definition) is 2. The highest BCUT2D eigenvalue weighted by atomic mass is 35.5. The fourth-order valence-electron chi connectivity index (χ4n) is 1.75. The molecule has 3 N–H and O–H groups in total. The van der Waals surface area contributed by atoms with Gasteiger partial charge in [0, 0.05) is 23.7 Å². The lowest BCUT2D eigenvalue weighted by molar-refractivity contribution is -0.385. The van der Waals surface area contributed by atoms with Crippen molar-refractivity contribution in [1.82, 2.24) is 5.32 Å². The molecular formula is C13H20ClN3O3. The summed E-state index contributed by atoms with van der Waals surface area (Å²) in [4.78, 5) is 22.3. The number of amides is 1. The number of carbonyl (C=O) groups is 1. The molecule has 0 atom stereocenters. The van der Waals surface area contributed by atoms with E-state index in [-0.39, 0.29) is 24.0 Å². The molecule has 0 aliphatic carbocycles. The van der Waals surface area contributed by atoms with Gasteiger partial charge >= 0.3 is 0 Å². The second-order valence-corrected chi connectivity index (χ2v) is 4.21. The van der Waals surface area contributed by atoms with E-state index in [0.29, 0.717) is 30.6 Å². The highest BCUT2D eigenvalue weighted by Crippen LogP contribution is 2.20. The van der Waals surface area contributed by atoms with Crippen LogP contribution in [0.4, 0.5) is 5.69 Å². The number of aryl methyl sites for hydroxylation is 1. The Bertz CT molecular complexity index is 466. The molecule has 0 aromatic heterocycles. The van der Waals surface area contributed by atoms with E-state index in [4.69, 9.17) is 5.73 Å². The van der Waals surface area contributed by atoms with Crippen molar-refractivity contribution in [2.45, 2.75) is 26.2 Å². The lowest BCUT2D eigenvalue weighted by Gasteiger charge is -2.06. The van der Waals surface area contributed by atoms with Crippen molar-refractivity contribution < 1.29 is 9.72 Å². The van der Waals surface area contributed by atoms with Gasteiger partial charge in [0.2, 0.25) is 0 Å². The number of nitro groups is 1. The minimum atomic E-state index is -0.454. The summed E-state index contributed by atoms with van der Waals surface area (Å²) < 4.78 is 0. The number of hydrogen-bond acceptors (Lipinski definition) is 4. The second-order valence-electron chi connectivity index (χ2n) is 4.21. The van der Waals surface area contributed by atoms with Crippen LogP contribution in [0.25, 0.3) is 0 Å². The van der Waals surface area contributed by atoms with Gasteiger partial charge in [0.05, 0.1) is 4.92 Å². The van der Waals surface area contributed by atoms with Crippen LogP contribution < -0.4 is 11.1 Å². The van der Waals surface area contributed by atoms with E-state index < -0.39 is 4.92 Å². The number of benzene rings is 1. The van der Waals surface area contributed by atoms with Crippen molar-refractivity contribution in [2.75, 3.05) is 13.1 Å². The number of nitro benzene ring substituents is 1. The third-order valence-corrected chi connectivity index (χ3v) is 2.84. The summed E-state index contributed by atoms with van der Waals surface area (Å²) >= 11 is 0. The molecule has 6 nitrogen and oxygen atoms in total. The van der Waals surface area contributed by atoms with E-state index >= 15 is 0 Å². The summed E-state index contributed by atoms with van der Waals surface area (Å²) in [6, 6.07) is 4.58. The Morgan fingerprint density at radius 3 is 2.65 bits per heavy atom. The van der Waals surface area contributed by atoms with Crippen LogP contribution in [0.1, 0.15) is 35.7 Å². The molecule has 7 heteroatoms. The van der Waals surface area contributed by atoms with Gasteiger partial charge in [-0.25, -0.2) is 0 Å². The van der Waals surface area contributed by atoms with Crippen molar-refractivity contribution in [3.05, 3.63) is 39.4 Å². The van der Waals surface area contributed by atoms with Gasteiger partial charge in [0.25, 0.3) is 11.6 Å². The first-order valence-corrected chi connectivity index (χ1v) is 6.35. The normalized spacial score (nSPS) is 9.70. The molecule has 0 saturated heterocycles. The Hall–Kier alpha value is -1.66. The lowest BCUT2D eigenvalue weighted by atomic mass is 10.1. The summed E-state index contributed by atoms with van der Waals surface area (Å²) in [6.45, 7) is 2.96. The number of halogens is 1. The standard InChI is InChI=1S/C13H19N3O3.ClH/c1-2-10-5-6-11(9-12(10)16(18)19)13(17)15-8-4-3-7-14;/h5-6,9H,2-4,7-8,14H2,1H3,(H,15,17);1H. The molecule has 0 fully saturated rings. The number of carbonyl (C=O) groups excluding carboxylic acids is 1. The third kappa shape index (κ3) is 5.14. The second kappa shape index (κ2) is 9.28. The Balaban J connectivity index is 0.00000361. The molecule has 0 heterocycles. The molecule has 0 radical (unpaired) electrons. The summed E-state index contributed by atoms with van der Waals surface area (Å²) in [5.74, 6) is -0.289. The maximum atomic E-state index is 11.8. The highest BCUT2D eigenvalue weighted by molar-refractivity contribution is 5.94. The molecular weight excluding hydrogens is 282 g/mol. The minimum absolute atomic E-state index is 0. The smallest absolute Gasteiger partial charge is 0.273 e. The summed E-state index contributed by atoms with van der Waals surface area (Å²) in [5, 5.41) is 13.6. The molecule has 112 valence electrons. The number of rotatable bonds is 7. The molecule has 1 aromatic rings. The Kier molecular flexibility index (Phi) is 8.51. The summed E-state index contributed by atoms with van der Waals surface area (Å²) in [6.07, 6.45) is 2.21. The quantitative estimate of drug-likeness (QED) is 0.457. The van der Waals surface area contributed by atoms with E-state index in [1.807, 2.05) is 6.92 Å². The van der Waals surface area contributed by atoms with Crippen LogP contribution in [0.5, 0.6) is 0 Å². The third-order valence-electron chi connectivity index (χ3n) is 2.84. The molecule has 20 heavy (non-hydrogen) atoms. The molecule has 0 aliphatic heterocycles. The van der Waals surface area contributed by atoms with E-state index in [1.54, 1.807) is 12.1 Å². The number of nitrogens with one attached hydrogen (secondary N) is 1. The summed E-state index contributed by atoms with van der Waals surface area (Å²) in [7, 11) is 0. The van der Waals surface area contributed by atoms with Crippen LogP contribution in [0.2, 0.25) is 0 Å². The van der Waals surface area contributed by atoms with E-state index in [0.717, 1.165) is 12.8 Å². The zero-order chi connectivity index (χ0) is 14.3. The van der Waals surface area contributed by atoms with Gasteiger partial charge < -0.3 is 11.1 Å². The zero-order valence-electron chi connectivity index (χ0n) is 11.4. The largest absolute Gasteiger partial charge is 0.352 e. The van der Waals surface area contributed by atoms with Crippen LogP contribution in [-0.2, 0) is 6.42 Å². The van der Waals surface area contributed by atoms with Crippen LogP contribution in [0, 0.1) is 10.1 Å². The van der Waals surface area contributed by atoms with Gasteiger partial charge in [-0.15, -0.1) is 12.4 Å². The minimum Gasteiger partial charge on any atom is -0.352 e. The summed E-state index contributed by atoms with van der Waals surface area (Å²) in [5.41, 5.74) is 6.30. The number of unbranched alkanes of at least 4 members (excludes halogenated alkanes) is 1. The Morgan fingerprint density at radius 2 is 2.10 bits per heavy atom. The monoisotopic (exact) mass is 301 g/mol. The first-order valence-electron chi connectivity index (χ1n) is 6.35. The van der Waals surface area contributed by atoms with E-state index in [2.05, 4.69) is 5.32 Å². The molecule has 0 unspecified atom stereocenters. The average Bonchev–Trinajstić information content (AvgIpc) is 2.42. The van der Waals surface area contributed by atoms with Gasteiger partial charge in [0.15, 0.2) is 0 Å². The van der Waals surface area contributed by atoms with Gasteiger partial charge in [-0.1, -0.05) is 13.0 Å². The molecule has 1 aromatic carbocycles. The number of nitrogens with zero attached hydrogens (tertiary/aromatic N) is 1. The van der Waals surface area contributed by atoms with Crippen LogP contribution in [0.3, 0.4) is 0 Å². The van der Waals surface area contributed by atoms with Gasteiger partial charge in [-0.2, -0.15) is 0 Å². The fourth-order valence-corrected chi connectivity index (χ4v) is 1.75. The zero-order valence-corrected chi connectivity index (χ0v) is 12.2. The van der Waals surface area contributed by atoms with Crippen molar-refractivity contribution in [2.24, 2.45) is 5.73 Å². The van der Waals surface area contributed by atoms with Crippen molar-refractivity contribution in [3.63, 3.8) is 0 Å². The van der Waals surface area contributed by atoms with Gasteiger partial charge in [0.1, 0.15) is 0 Å². The predicted molar refractivity (Wildman–Crippen MR) is 80.3 cm³/mol. The maximum Gasteiger partial charge on any atom is 0.273 e. The first kappa shape index (κ1) is 18.3. The van der Waals surface area contributed by atoms with Gasteiger partial charge in [-0.3, -0.25) is 14.9 Å². The van der Waals surface area contributed by atoms with E-state index in [9.17, 15) is 14.9 Å². The molecule has 0 saturated carbocycles. The van der Waals surface area contributed by atoms with Gasteiger partial charge in [-0.05, 0) is 31.9 Å². The van der Waals surface area contributed by atoms with E-state index in [1.165, 1.54) is 6.07 Å². The lowest BCUT2D eigenvalue weighted by Crippen LogP contribution is -2.25. The van der Waals surface area contributed by atoms with Crippen molar-refractivity contribution in [3.8, 4) is 0 Å². The molecule has 0 aliphatic rings. The topological polar surface area (TPSA) is 98.3 Å². The molecule has 0 spiro atoms. The molecule has 0 bridgehead atoms. The van der Waals surface area contributed by atoms with Crippen LogP contribution >= 0.6 is 12.4 Å².